The number of aliphatic hydroxyl groups excluding tert-OH is 2. The lowest BCUT2D eigenvalue weighted by Crippen LogP contribution is -2.40. The molecule has 1 aromatic rings. The average molecular weight is 475 g/mol. The van der Waals surface area contributed by atoms with E-state index in [0.717, 1.165) is 18.4 Å². The summed E-state index contributed by atoms with van der Waals surface area (Å²) in [6.45, 7) is -0.585. The molecule has 2 atom stereocenters. The average Bonchev–Trinajstić information content (AvgIpc) is 3.03. The van der Waals surface area contributed by atoms with Crippen molar-refractivity contribution in [2.75, 3.05) is 24.8 Å². The molecule has 33 heavy (non-hydrogen) atoms. The monoisotopic (exact) mass is 474 g/mol. The number of nitrogens with zero attached hydrogens (tertiary/aromatic N) is 2. The minimum atomic E-state index is -1.44. The molecule has 2 aliphatic rings. The maximum absolute atomic E-state index is 12.4. The number of rotatable bonds is 9. The number of anilines is 1. The first-order chi connectivity index (χ1) is 15.9. The Labute approximate surface area is 199 Å². The van der Waals surface area contributed by atoms with Gasteiger partial charge in [-0.3, -0.25) is 4.79 Å². The second kappa shape index (κ2) is 12.1. The first-order valence-corrected chi connectivity index (χ1v) is 11.7. The third-order valence-corrected chi connectivity index (χ3v) is 6.42. The molecule has 0 radical (unpaired) electrons. The summed E-state index contributed by atoms with van der Waals surface area (Å²) in [6.07, 6.45) is 6.13. The Morgan fingerprint density at radius 2 is 1.88 bits per heavy atom. The van der Waals surface area contributed by atoms with Crippen molar-refractivity contribution in [3.05, 3.63) is 29.8 Å². The van der Waals surface area contributed by atoms with Crippen LogP contribution in [0.4, 0.5) is 5.69 Å². The summed E-state index contributed by atoms with van der Waals surface area (Å²) in [5.74, 6) is 4.40. The van der Waals surface area contributed by atoms with Gasteiger partial charge in [-0.05, 0) is 36.5 Å². The van der Waals surface area contributed by atoms with Crippen molar-refractivity contribution in [2.24, 2.45) is 5.92 Å². The third kappa shape index (κ3) is 6.74. The topological polar surface area (TPSA) is 111 Å². The number of benzene rings is 1. The first-order valence-electron chi connectivity index (χ1n) is 11.2. The molecule has 0 spiro atoms. The second-order valence-electron chi connectivity index (χ2n) is 8.38. The van der Waals surface area contributed by atoms with Crippen LogP contribution in [0.5, 0.6) is 0 Å². The van der Waals surface area contributed by atoms with E-state index in [1.54, 1.807) is 12.1 Å². The van der Waals surface area contributed by atoms with Crippen LogP contribution >= 0.6 is 12.2 Å². The van der Waals surface area contributed by atoms with E-state index in [4.69, 9.17) is 22.1 Å². The highest BCUT2D eigenvalue weighted by Gasteiger charge is 2.42. The molecule has 2 fully saturated rings. The van der Waals surface area contributed by atoms with Gasteiger partial charge in [0.15, 0.2) is 6.10 Å². The molecule has 1 heterocycles. The highest BCUT2D eigenvalue weighted by molar-refractivity contribution is 7.80. The highest BCUT2D eigenvalue weighted by atomic mass is 32.1. The van der Waals surface area contributed by atoms with Crippen molar-refractivity contribution in [2.45, 2.75) is 57.2 Å². The fourth-order valence-electron chi connectivity index (χ4n) is 4.24. The SMILES string of the molecule is O=C(O)COCC#CCN1C(=O)C(O)C(=S)N1c1ccc(C(O)CCC2CCCCC2)cc1. The molecular formula is C24H30N2O6S. The molecule has 2 unspecified atom stereocenters. The number of carboxylic acids is 1. The van der Waals surface area contributed by atoms with Crippen LogP contribution in [0, 0.1) is 17.8 Å². The summed E-state index contributed by atoms with van der Waals surface area (Å²) >= 11 is 5.27. The minimum Gasteiger partial charge on any atom is -0.480 e. The maximum atomic E-state index is 12.4. The van der Waals surface area contributed by atoms with Gasteiger partial charge in [0, 0.05) is 0 Å². The van der Waals surface area contributed by atoms with E-state index in [2.05, 4.69) is 11.8 Å². The standard InChI is InChI=1S/C24H30N2O6S/c27-20(13-8-17-6-2-1-3-7-17)18-9-11-19(12-10-18)26-24(33)22(30)23(31)25(26)14-4-5-15-32-16-21(28)29/h9-12,17,20,22,27,30H,1-3,6-8,13-16H2,(H,28,29). The lowest BCUT2D eigenvalue weighted by Gasteiger charge is -2.27. The van der Waals surface area contributed by atoms with E-state index in [0.29, 0.717) is 11.6 Å². The van der Waals surface area contributed by atoms with Crippen molar-refractivity contribution in [3.63, 3.8) is 0 Å². The smallest absolute Gasteiger partial charge is 0.329 e. The first kappa shape index (κ1) is 25.1. The lowest BCUT2D eigenvalue weighted by atomic mass is 9.85. The van der Waals surface area contributed by atoms with Crippen LogP contribution in [0.3, 0.4) is 0 Å². The summed E-state index contributed by atoms with van der Waals surface area (Å²) in [4.78, 5) is 22.9. The number of hydrogen-bond donors (Lipinski definition) is 3. The Kier molecular flexibility index (Phi) is 9.21. The maximum Gasteiger partial charge on any atom is 0.329 e. The van der Waals surface area contributed by atoms with E-state index in [1.807, 2.05) is 12.1 Å². The van der Waals surface area contributed by atoms with E-state index in [-0.39, 0.29) is 18.1 Å². The van der Waals surface area contributed by atoms with Crippen LogP contribution in [0.2, 0.25) is 0 Å². The van der Waals surface area contributed by atoms with Gasteiger partial charge in [-0.15, -0.1) is 0 Å². The molecule has 9 heteroatoms. The Hall–Kier alpha value is -2.51. The number of ether oxygens (including phenoxy) is 1. The number of carboxylic acid groups (broad SMARTS) is 1. The zero-order chi connectivity index (χ0) is 23.8. The number of aliphatic hydroxyl groups is 2. The number of thiocarbonyl (C=S) groups is 1. The Morgan fingerprint density at radius 1 is 1.18 bits per heavy atom. The fourth-order valence-corrected chi connectivity index (χ4v) is 4.55. The molecule has 0 aromatic heterocycles. The molecule has 0 bridgehead atoms. The molecule has 3 N–H and O–H groups in total. The third-order valence-electron chi connectivity index (χ3n) is 6.02. The Morgan fingerprint density at radius 3 is 2.55 bits per heavy atom. The molecule has 8 nitrogen and oxygen atoms in total. The zero-order valence-electron chi connectivity index (χ0n) is 18.5. The molecular weight excluding hydrogens is 444 g/mol. The predicted molar refractivity (Wildman–Crippen MR) is 126 cm³/mol. The largest absolute Gasteiger partial charge is 0.480 e. The van der Waals surface area contributed by atoms with Crippen molar-refractivity contribution >= 4 is 34.8 Å². The van der Waals surface area contributed by atoms with Crippen molar-refractivity contribution in [1.29, 1.82) is 0 Å². The Balaban J connectivity index is 1.61. The molecule has 1 aliphatic heterocycles. The molecule has 1 aliphatic carbocycles. The van der Waals surface area contributed by atoms with Crippen LogP contribution < -0.4 is 5.01 Å². The molecule has 1 saturated carbocycles. The van der Waals surface area contributed by atoms with Gasteiger partial charge in [-0.2, -0.15) is 0 Å². The number of aliphatic carboxylic acids is 1. The van der Waals surface area contributed by atoms with E-state index in [1.165, 1.54) is 42.1 Å². The Bertz CT molecular complexity index is 904. The van der Waals surface area contributed by atoms with Gasteiger partial charge in [0.05, 0.1) is 11.8 Å². The van der Waals surface area contributed by atoms with Gasteiger partial charge in [0.1, 0.15) is 24.7 Å². The van der Waals surface area contributed by atoms with Crippen molar-refractivity contribution < 1.29 is 29.6 Å². The molecule has 178 valence electrons. The van der Waals surface area contributed by atoms with Gasteiger partial charge in [-0.25, -0.2) is 14.8 Å². The summed E-state index contributed by atoms with van der Waals surface area (Å²) in [5, 5.41) is 32.0. The normalized spacial score (nSPS) is 20.0. The molecule has 1 amide bonds. The quantitative estimate of drug-likeness (QED) is 0.284. The second-order valence-corrected chi connectivity index (χ2v) is 8.80. The van der Waals surface area contributed by atoms with Crippen LogP contribution in [0.15, 0.2) is 24.3 Å². The van der Waals surface area contributed by atoms with E-state index < -0.39 is 30.7 Å². The predicted octanol–water partition coefficient (Wildman–Crippen LogP) is 2.44. The highest BCUT2D eigenvalue weighted by Crippen LogP contribution is 2.31. The van der Waals surface area contributed by atoms with Gasteiger partial charge >= 0.3 is 5.97 Å². The number of hydrazine groups is 1. The molecule has 1 saturated heterocycles. The van der Waals surface area contributed by atoms with Crippen LogP contribution in [0.1, 0.15) is 56.6 Å². The number of carbonyl (C=O) groups is 2. The number of carbonyl (C=O) groups excluding carboxylic acids is 1. The summed E-state index contributed by atoms with van der Waals surface area (Å²) in [5.41, 5.74) is 1.38. The van der Waals surface area contributed by atoms with Gasteiger partial charge in [-0.1, -0.05) is 68.3 Å². The fraction of sp³-hybridized carbons (Fsp3) is 0.542. The summed E-state index contributed by atoms with van der Waals surface area (Å²) < 4.78 is 4.85. The summed E-state index contributed by atoms with van der Waals surface area (Å²) in [7, 11) is 0. The van der Waals surface area contributed by atoms with Crippen molar-refractivity contribution in [3.8, 4) is 11.8 Å². The van der Waals surface area contributed by atoms with E-state index in [9.17, 15) is 19.8 Å². The lowest BCUT2D eigenvalue weighted by molar-refractivity contribution is -0.141. The van der Waals surface area contributed by atoms with Crippen molar-refractivity contribution in [1.82, 2.24) is 5.01 Å². The van der Waals surface area contributed by atoms with Gasteiger partial charge in [0.2, 0.25) is 0 Å². The minimum absolute atomic E-state index is 0.0434. The number of amides is 1. The molecule has 1 aromatic carbocycles. The molecule has 3 rings (SSSR count). The van der Waals surface area contributed by atoms with Gasteiger partial charge < -0.3 is 20.1 Å². The van der Waals surface area contributed by atoms with Crippen LogP contribution in [0.25, 0.3) is 0 Å². The zero-order valence-corrected chi connectivity index (χ0v) is 19.3. The summed E-state index contributed by atoms with van der Waals surface area (Å²) in [6, 6.07) is 7.13. The number of hydrogen-bond acceptors (Lipinski definition) is 6. The van der Waals surface area contributed by atoms with E-state index >= 15 is 0 Å². The van der Waals surface area contributed by atoms with Gasteiger partial charge in [0.25, 0.3) is 5.91 Å². The van der Waals surface area contributed by atoms with Crippen LogP contribution in [-0.4, -0.2) is 63.1 Å². The van der Waals surface area contributed by atoms with Crippen LogP contribution in [-0.2, 0) is 14.3 Å².